The Kier molecular flexibility index (Phi) is 5.84. The van der Waals surface area contributed by atoms with Gasteiger partial charge in [0.1, 0.15) is 11.9 Å². The summed E-state index contributed by atoms with van der Waals surface area (Å²) in [6.07, 6.45) is 6.64. The number of fused-ring (bicyclic) bond motifs is 1. The first kappa shape index (κ1) is 20.7. The van der Waals surface area contributed by atoms with Gasteiger partial charge < -0.3 is 22.1 Å². The van der Waals surface area contributed by atoms with E-state index in [2.05, 4.69) is 30.6 Å². The second-order valence-electron chi connectivity index (χ2n) is 7.01. The molecule has 4 rings (SSSR count). The van der Waals surface area contributed by atoms with Crippen molar-refractivity contribution in [1.82, 2.24) is 19.9 Å². The van der Waals surface area contributed by atoms with Crippen molar-refractivity contribution in [3.05, 3.63) is 78.5 Å². The summed E-state index contributed by atoms with van der Waals surface area (Å²) in [6.45, 7) is 0. The van der Waals surface area contributed by atoms with Gasteiger partial charge in [0.05, 0.1) is 11.7 Å². The number of primary amides is 2. The van der Waals surface area contributed by atoms with E-state index in [1.54, 1.807) is 36.8 Å². The summed E-state index contributed by atoms with van der Waals surface area (Å²) in [4.78, 5) is 40.6. The number of rotatable bonds is 8. The third-order valence-electron chi connectivity index (χ3n) is 4.73. The van der Waals surface area contributed by atoms with Gasteiger partial charge in [-0.3, -0.25) is 19.6 Å². The fourth-order valence-electron chi connectivity index (χ4n) is 3.17. The first-order valence-electron chi connectivity index (χ1n) is 9.73. The van der Waals surface area contributed by atoms with E-state index in [0.717, 1.165) is 16.5 Å². The molecule has 32 heavy (non-hydrogen) atoms. The van der Waals surface area contributed by atoms with E-state index >= 15 is 0 Å². The number of benzene rings is 1. The van der Waals surface area contributed by atoms with Crippen molar-refractivity contribution < 1.29 is 9.59 Å². The summed E-state index contributed by atoms with van der Waals surface area (Å²) in [5.74, 6) is -0.882. The van der Waals surface area contributed by atoms with Gasteiger partial charge in [-0.2, -0.15) is 0 Å². The maximum absolute atomic E-state index is 12.0. The van der Waals surface area contributed by atoms with Gasteiger partial charge in [0.15, 0.2) is 11.5 Å². The number of amides is 2. The smallest absolute Gasteiger partial charge is 0.271 e. The number of nitrogens with zero attached hydrogens (tertiary/aromatic N) is 4. The van der Waals surface area contributed by atoms with Crippen molar-refractivity contribution in [2.75, 3.05) is 10.6 Å². The highest BCUT2D eigenvalue weighted by atomic mass is 16.1. The topological polar surface area (TPSA) is 162 Å². The van der Waals surface area contributed by atoms with Crippen LogP contribution in [-0.2, 0) is 11.2 Å². The van der Waals surface area contributed by atoms with Gasteiger partial charge >= 0.3 is 0 Å². The van der Waals surface area contributed by atoms with Gasteiger partial charge in [0.25, 0.3) is 5.91 Å². The number of pyridine rings is 2. The van der Waals surface area contributed by atoms with Crippen molar-refractivity contribution in [2.24, 2.45) is 11.5 Å². The van der Waals surface area contributed by atoms with Crippen LogP contribution in [-0.4, -0.2) is 37.8 Å². The van der Waals surface area contributed by atoms with Crippen LogP contribution in [0, 0.1) is 0 Å². The van der Waals surface area contributed by atoms with Crippen LogP contribution in [0.1, 0.15) is 16.1 Å². The fraction of sp³-hybridized carbons (Fsp3) is 0.0909. The molecule has 0 fully saturated rings. The highest BCUT2D eigenvalue weighted by molar-refractivity contribution is 5.97. The second-order valence-corrected chi connectivity index (χ2v) is 7.01. The quantitative estimate of drug-likeness (QED) is 0.330. The fourth-order valence-corrected chi connectivity index (χ4v) is 3.17. The lowest BCUT2D eigenvalue weighted by Gasteiger charge is -2.17. The van der Waals surface area contributed by atoms with Gasteiger partial charge in [0, 0.05) is 36.1 Å². The predicted octanol–water partition coefficient (Wildman–Crippen LogP) is 1.77. The molecule has 6 N–H and O–H groups in total. The maximum atomic E-state index is 12.0. The summed E-state index contributed by atoms with van der Waals surface area (Å²) in [6, 6.07) is 12.1. The molecule has 0 saturated carbocycles. The Hall–Kier alpha value is -4.60. The molecule has 2 amide bonds. The first-order chi connectivity index (χ1) is 15.5. The molecule has 160 valence electrons. The zero-order valence-electron chi connectivity index (χ0n) is 16.9. The third kappa shape index (κ3) is 4.75. The van der Waals surface area contributed by atoms with Crippen LogP contribution >= 0.6 is 0 Å². The van der Waals surface area contributed by atoms with Crippen molar-refractivity contribution in [2.45, 2.75) is 12.5 Å². The zero-order chi connectivity index (χ0) is 22.5. The SMILES string of the molecule is NC(=O)c1ncc(NC(Cc2ccncc2)C(N)=O)nc1Nc1ccc2ncccc2c1. The lowest BCUT2D eigenvalue weighted by Crippen LogP contribution is -2.37. The Morgan fingerprint density at radius 2 is 1.81 bits per heavy atom. The highest BCUT2D eigenvalue weighted by Crippen LogP contribution is 2.23. The molecule has 10 heteroatoms. The van der Waals surface area contributed by atoms with Crippen molar-refractivity contribution in [3.8, 4) is 0 Å². The molecular formula is C22H20N8O2. The lowest BCUT2D eigenvalue weighted by molar-refractivity contribution is -0.118. The van der Waals surface area contributed by atoms with Crippen LogP contribution in [0.4, 0.5) is 17.3 Å². The van der Waals surface area contributed by atoms with E-state index in [-0.39, 0.29) is 17.3 Å². The molecule has 0 saturated heterocycles. The minimum atomic E-state index is -0.745. The van der Waals surface area contributed by atoms with Crippen LogP contribution in [0.5, 0.6) is 0 Å². The number of hydrogen-bond donors (Lipinski definition) is 4. The van der Waals surface area contributed by atoms with Gasteiger partial charge in [-0.05, 0) is 42.0 Å². The Balaban J connectivity index is 1.61. The Morgan fingerprint density at radius 1 is 1.00 bits per heavy atom. The summed E-state index contributed by atoms with van der Waals surface area (Å²) in [7, 11) is 0. The minimum absolute atomic E-state index is 0.0356. The van der Waals surface area contributed by atoms with Gasteiger partial charge in [0.2, 0.25) is 5.91 Å². The first-order valence-corrected chi connectivity index (χ1v) is 9.73. The predicted molar refractivity (Wildman–Crippen MR) is 120 cm³/mol. The standard InChI is InChI=1S/C22H20N8O2/c23-20(31)17(10-13-5-8-25-9-6-13)29-18-12-27-19(21(24)32)22(30-18)28-15-3-4-16-14(11-15)2-1-7-26-16/h1-9,11-12,17H,10H2,(H2,23,31)(H2,24,32)(H2,28,29,30). The van der Waals surface area contributed by atoms with E-state index in [4.69, 9.17) is 11.5 Å². The lowest BCUT2D eigenvalue weighted by atomic mass is 10.1. The molecule has 3 aromatic heterocycles. The summed E-state index contributed by atoms with van der Waals surface area (Å²) in [5.41, 5.74) is 13.4. The normalized spacial score (nSPS) is 11.6. The van der Waals surface area contributed by atoms with Crippen LogP contribution in [0.3, 0.4) is 0 Å². The van der Waals surface area contributed by atoms with E-state index in [1.807, 2.05) is 24.3 Å². The Morgan fingerprint density at radius 3 is 2.56 bits per heavy atom. The zero-order valence-corrected chi connectivity index (χ0v) is 16.9. The number of nitrogens with one attached hydrogen (secondary N) is 2. The number of hydrogen-bond acceptors (Lipinski definition) is 8. The van der Waals surface area contributed by atoms with Crippen LogP contribution in [0.15, 0.2) is 67.3 Å². The molecule has 0 spiro atoms. The van der Waals surface area contributed by atoms with Gasteiger partial charge in [-0.15, -0.1) is 0 Å². The summed E-state index contributed by atoms with van der Waals surface area (Å²) in [5, 5.41) is 6.96. The van der Waals surface area contributed by atoms with Gasteiger partial charge in [-0.1, -0.05) is 6.07 Å². The molecule has 3 heterocycles. The van der Waals surface area contributed by atoms with Crippen LogP contribution < -0.4 is 22.1 Å². The molecule has 4 aromatic rings. The molecular weight excluding hydrogens is 408 g/mol. The molecule has 0 aliphatic rings. The minimum Gasteiger partial charge on any atom is -0.368 e. The van der Waals surface area contributed by atoms with Gasteiger partial charge in [-0.25, -0.2) is 9.97 Å². The Labute approximate surface area is 183 Å². The number of anilines is 3. The molecule has 0 bridgehead atoms. The second kappa shape index (κ2) is 9.04. The average Bonchev–Trinajstić information content (AvgIpc) is 2.79. The van der Waals surface area contributed by atoms with Crippen molar-refractivity contribution >= 4 is 40.0 Å². The molecule has 0 aliphatic heterocycles. The molecule has 1 aromatic carbocycles. The summed E-state index contributed by atoms with van der Waals surface area (Å²) < 4.78 is 0. The number of carbonyl (C=O) groups is 2. The Bertz CT molecular complexity index is 1280. The van der Waals surface area contributed by atoms with E-state index in [1.165, 1.54) is 6.20 Å². The average molecular weight is 428 g/mol. The molecule has 1 atom stereocenters. The number of carbonyl (C=O) groups excluding carboxylic acids is 2. The molecule has 0 radical (unpaired) electrons. The highest BCUT2D eigenvalue weighted by Gasteiger charge is 2.19. The molecule has 1 unspecified atom stereocenters. The van der Waals surface area contributed by atoms with Crippen molar-refractivity contribution in [3.63, 3.8) is 0 Å². The van der Waals surface area contributed by atoms with E-state index in [9.17, 15) is 9.59 Å². The van der Waals surface area contributed by atoms with E-state index in [0.29, 0.717) is 12.1 Å². The number of aromatic nitrogens is 4. The third-order valence-corrected chi connectivity index (χ3v) is 4.73. The number of nitrogens with two attached hydrogens (primary N) is 2. The molecule has 10 nitrogen and oxygen atoms in total. The maximum Gasteiger partial charge on any atom is 0.271 e. The monoisotopic (exact) mass is 428 g/mol. The van der Waals surface area contributed by atoms with Crippen LogP contribution in [0.2, 0.25) is 0 Å². The molecule has 0 aliphatic carbocycles. The van der Waals surface area contributed by atoms with Crippen LogP contribution in [0.25, 0.3) is 10.9 Å². The largest absolute Gasteiger partial charge is 0.368 e. The van der Waals surface area contributed by atoms with E-state index < -0.39 is 17.9 Å². The summed E-state index contributed by atoms with van der Waals surface area (Å²) >= 11 is 0. The van der Waals surface area contributed by atoms with Crippen molar-refractivity contribution in [1.29, 1.82) is 0 Å².